The zero-order valence-electron chi connectivity index (χ0n) is 8.09. The molecular weight excluding hydrogens is 164 g/mol. The Hall–Kier alpha value is -0.570. The number of nitrogens with one attached hydrogen (secondary N) is 1. The fourth-order valence-electron chi connectivity index (χ4n) is 2.06. The van der Waals surface area contributed by atoms with Gasteiger partial charge in [0, 0.05) is 19.0 Å². The molecule has 3 nitrogen and oxygen atoms in total. The van der Waals surface area contributed by atoms with Gasteiger partial charge in [0.15, 0.2) is 0 Å². The second-order valence-electron chi connectivity index (χ2n) is 4.06. The molecule has 0 aliphatic carbocycles. The van der Waals surface area contributed by atoms with Crippen LogP contribution in [0, 0.1) is 5.92 Å². The molecule has 0 spiro atoms. The summed E-state index contributed by atoms with van der Waals surface area (Å²) in [7, 11) is 0. The monoisotopic (exact) mass is 182 g/mol. The summed E-state index contributed by atoms with van der Waals surface area (Å²) in [5.41, 5.74) is 0. The average molecular weight is 182 g/mol. The van der Waals surface area contributed by atoms with Crippen molar-refractivity contribution in [2.75, 3.05) is 26.2 Å². The smallest absolute Gasteiger partial charge is 0.225 e. The molecule has 2 heterocycles. The molecule has 74 valence electrons. The quantitative estimate of drug-likeness (QED) is 0.644. The van der Waals surface area contributed by atoms with Gasteiger partial charge < -0.3 is 10.2 Å². The Morgan fingerprint density at radius 3 is 2.69 bits per heavy atom. The third kappa shape index (κ3) is 2.02. The van der Waals surface area contributed by atoms with Crippen molar-refractivity contribution in [2.24, 2.45) is 5.92 Å². The Balaban J connectivity index is 1.85. The SMILES string of the molecule is O=C([C@@H]1CCCNCC1)N1CCC1. The van der Waals surface area contributed by atoms with E-state index in [1.807, 2.05) is 4.90 Å². The lowest BCUT2D eigenvalue weighted by Crippen LogP contribution is -2.45. The van der Waals surface area contributed by atoms with E-state index in [0.717, 1.165) is 45.4 Å². The molecule has 0 radical (unpaired) electrons. The maximum absolute atomic E-state index is 11.8. The Kier molecular flexibility index (Phi) is 2.83. The number of likely N-dealkylation sites (tertiary alicyclic amines) is 1. The van der Waals surface area contributed by atoms with Crippen LogP contribution >= 0.6 is 0 Å². The highest BCUT2D eigenvalue weighted by atomic mass is 16.2. The van der Waals surface area contributed by atoms with Crippen molar-refractivity contribution >= 4 is 5.91 Å². The zero-order chi connectivity index (χ0) is 9.10. The van der Waals surface area contributed by atoms with Gasteiger partial charge in [-0.1, -0.05) is 0 Å². The first kappa shape index (κ1) is 9.00. The van der Waals surface area contributed by atoms with Gasteiger partial charge in [0.2, 0.25) is 5.91 Å². The van der Waals surface area contributed by atoms with Crippen molar-refractivity contribution in [2.45, 2.75) is 25.7 Å². The summed E-state index contributed by atoms with van der Waals surface area (Å²) in [6.45, 7) is 4.11. The first-order valence-electron chi connectivity index (χ1n) is 5.37. The van der Waals surface area contributed by atoms with Crippen LogP contribution in [-0.2, 0) is 4.79 Å². The van der Waals surface area contributed by atoms with Crippen LogP contribution in [0.5, 0.6) is 0 Å². The third-order valence-corrected chi connectivity index (χ3v) is 3.09. The van der Waals surface area contributed by atoms with Gasteiger partial charge >= 0.3 is 0 Å². The van der Waals surface area contributed by atoms with Gasteiger partial charge in [0.1, 0.15) is 0 Å². The third-order valence-electron chi connectivity index (χ3n) is 3.09. The fourth-order valence-corrected chi connectivity index (χ4v) is 2.06. The van der Waals surface area contributed by atoms with Crippen LogP contribution in [0.3, 0.4) is 0 Å². The minimum absolute atomic E-state index is 0.315. The van der Waals surface area contributed by atoms with Crippen LogP contribution in [0.15, 0.2) is 0 Å². The molecule has 1 amide bonds. The lowest BCUT2D eigenvalue weighted by Gasteiger charge is -2.33. The number of nitrogens with zero attached hydrogens (tertiary/aromatic N) is 1. The first-order valence-corrected chi connectivity index (χ1v) is 5.37. The van der Waals surface area contributed by atoms with E-state index in [1.54, 1.807) is 0 Å². The second-order valence-corrected chi connectivity index (χ2v) is 4.06. The standard InChI is InChI=1S/C10H18N2O/c13-10(12-7-2-8-12)9-3-1-5-11-6-4-9/h9,11H,1-8H2/t9-/m1/s1. The molecule has 3 heteroatoms. The lowest BCUT2D eigenvalue weighted by atomic mass is 9.97. The number of hydrogen-bond acceptors (Lipinski definition) is 2. The minimum atomic E-state index is 0.315. The van der Waals surface area contributed by atoms with Gasteiger partial charge in [0.05, 0.1) is 0 Å². The van der Waals surface area contributed by atoms with Crippen molar-refractivity contribution < 1.29 is 4.79 Å². The zero-order valence-corrected chi connectivity index (χ0v) is 8.09. The Morgan fingerprint density at radius 2 is 2.00 bits per heavy atom. The van der Waals surface area contributed by atoms with E-state index in [0.29, 0.717) is 11.8 Å². The molecule has 2 aliphatic rings. The van der Waals surface area contributed by atoms with E-state index >= 15 is 0 Å². The average Bonchev–Trinajstić information content (AvgIpc) is 2.27. The van der Waals surface area contributed by atoms with Crippen LogP contribution in [0.2, 0.25) is 0 Å². The van der Waals surface area contributed by atoms with Gasteiger partial charge in [-0.3, -0.25) is 4.79 Å². The van der Waals surface area contributed by atoms with Crippen molar-refractivity contribution in [1.29, 1.82) is 0 Å². The highest BCUT2D eigenvalue weighted by Crippen LogP contribution is 2.19. The highest BCUT2D eigenvalue weighted by Gasteiger charge is 2.27. The fraction of sp³-hybridized carbons (Fsp3) is 0.900. The molecule has 2 aliphatic heterocycles. The molecule has 2 fully saturated rings. The van der Waals surface area contributed by atoms with Gasteiger partial charge in [-0.25, -0.2) is 0 Å². The normalized spacial score (nSPS) is 29.2. The van der Waals surface area contributed by atoms with E-state index in [9.17, 15) is 4.79 Å². The summed E-state index contributed by atoms with van der Waals surface area (Å²) >= 11 is 0. The number of hydrogen-bond donors (Lipinski definition) is 1. The first-order chi connectivity index (χ1) is 6.38. The van der Waals surface area contributed by atoms with E-state index in [1.165, 1.54) is 6.42 Å². The Bertz CT molecular complexity index is 181. The molecule has 0 aromatic heterocycles. The molecule has 0 aromatic carbocycles. The van der Waals surface area contributed by atoms with Gasteiger partial charge in [0.25, 0.3) is 0 Å². The molecular formula is C10H18N2O. The number of carbonyl (C=O) groups is 1. The summed E-state index contributed by atoms with van der Waals surface area (Å²) in [4.78, 5) is 13.8. The van der Waals surface area contributed by atoms with Crippen molar-refractivity contribution in [3.05, 3.63) is 0 Å². The molecule has 1 N–H and O–H groups in total. The molecule has 0 bridgehead atoms. The maximum atomic E-state index is 11.8. The molecule has 0 unspecified atom stereocenters. The predicted molar refractivity (Wildman–Crippen MR) is 51.4 cm³/mol. The minimum Gasteiger partial charge on any atom is -0.342 e. The summed E-state index contributed by atoms with van der Waals surface area (Å²) in [5, 5.41) is 3.34. The number of carbonyl (C=O) groups excluding carboxylic acids is 1. The molecule has 2 rings (SSSR count). The van der Waals surface area contributed by atoms with Crippen LogP contribution in [-0.4, -0.2) is 37.0 Å². The lowest BCUT2D eigenvalue weighted by molar-refractivity contribution is -0.139. The number of amides is 1. The van der Waals surface area contributed by atoms with Crippen LogP contribution < -0.4 is 5.32 Å². The van der Waals surface area contributed by atoms with Crippen LogP contribution in [0.25, 0.3) is 0 Å². The van der Waals surface area contributed by atoms with Gasteiger partial charge in [-0.15, -0.1) is 0 Å². The van der Waals surface area contributed by atoms with Crippen molar-refractivity contribution in [1.82, 2.24) is 10.2 Å². The van der Waals surface area contributed by atoms with Gasteiger partial charge in [-0.05, 0) is 38.8 Å². The summed E-state index contributed by atoms with van der Waals surface area (Å²) in [5.74, 6) is 0.727. The highest BCUT2D eigenvalue weighted by molar-refractivity contribution is 5.79. The molecule has 13 heavy (non-hydrogen) atoms. The van der Waals surface area contributed by atoms with Crippen LogP contribution in [0.4, 0.5) is 0 Å². The number of rotatable bonds is 1. The largest absolute Gasteiger partial charge is 0.342 e. The summed E-state index contributed by atoms with van der Waals surface area (Å²) in [6, 6.07) is 0. The Labute approximate surface area is 79.5 Å². The van der Waals surface area contributed by atoms with E-state index in [4.69, 9.17) is 0 Å². The van der Waals surface area contributed by atoms with E-state index in [2.05, 4.69) is 5.32 Å². The van der Waals surface area contributed by atoms with Crippen LogP contribution in [0.1, 0.15) is 25.7 Å². The van der Waals surface area contributed by atoms with Crippen molar-refractivity contribution in [3.63, 3.8) is 0 Å². The maximum Gasteiger partial charge on any atom is 0.225 e. The predicted octanol–water partition coefficient (Wildman–Crippen LogP) is 0.608. The molecule has 0 aromatic rings. The second kappa shape index (κ2) is 4.09. The van der Waals surface area contributed by atoms with Crippen molar-refractivity contribution in [3.8, 4) is 0 Å². The van der Waals surface area contributed by atoms with Gasteiger partial charge in [-0.2, -0.15) is 0 Å². The summed E-state index contributed by atoms with van der Waals surface area (Å²) in [6.07, 6.45) is 4.48. The topological polar surface area (TPSA) is 32.3 Å². The summed E-state index contributed by atoms with van der Waals surface area (Å²) < 4.78 is 0. The molecule has 2 saturated heterocycles. The van der Waals surface area contributed by atoms with E-state index in [-0.39, 0.29) is 0 Å². The molecule has 1 atom stereocenters. The molecule has 0 saturated carbocycles. The van der Waals surface area contributed by atoms with E-state index < -0.39 is 0 Å². The Morgan fingerprint density at radius 1 is 1.15 bits per heavy atom.